The van der Waals surface area contributed by atoms with Gasteiger partial charge < -0.3 is 10.2 Å². The highest BCUT2D eigenvalue weighted by atomic mass is 35.5. The van der Waals surface area contributed by atoms with Crippen molar-refractivity contribution in [2.45, 2.75) is 25.0 Å². The molecule has 1 N–H and O–H groups in total. The summed E-state index contributed by atoms with van der Waals surface area (Å²) in [7, 11) is 2.09. The number of thioether (sulfide) groups is 1. The van der Waals surface area contributed by atoms with Gasteiger partial charge in [0.1, 0.15) is 0 Å². The molecule has 0 radical (unpaired) electrons. The van der Waals surface area contributed by atoms with Crippen LogP contribution in [-0.4, -0.2) is 43.2 Å². The van der Waals surface area contributed by atoms with Gasteiger partial charge >= 0.3 is 0 Å². The van der Waals surface area contributed by atoms with Gasteiger partial charge in [0.15, 0.2) is 0 Å². The molecule has 0 aliphatic carbocycles. The van der Waals surface area contributed by atoms with E-state index >= 15 is 0 Å². The Labute approximate surface area is 142 Å². The van der Waals surface area contributed by atoms with E-state index in [4.69, 9.17) is 11.6 Å². The smallest absolute Gasteiger partial charge is 0.224 e. The first-order valence-electron chi connectivity index (χ1n) is 7.93. The summed E-state index contributed by atoms with van der Waals surface area (Å²) in [5.41, 5.74) is 1.30. The van der Waals surface area contributed by atoms with Crippen molar-refractivity contribution in [3.63, 3.8) is 0 Å². The fourth-order valence-corrected chi connectivity index (χ4v) is 3.73. The van der Waals surface area contributed by atoms with Gasteiger partial charge in [-0.1, -0.05) is 23.7 Å². The molecule has 0 aromatic heterocycles. The zero-order valence-electron chi connectivity index (χ0n) is 13.2. The van der Waals surface area contributed by atoms with Crippen LogP contribution in [0, 0.1) is 5.92 Å². The normalized spacial score (nSPS) is 19.1. The highest BCUT2D eigenvalue weighted by Crippen LogP contribution is 2.16. The fraction of sp³-hybridized carbons (Fsp3) is 0.588. The van der Waals surface area contributed by atoms with Crippen LogP contribution in [0.4, 0.5) is 0 Å². The number of hydrogen-bond acceptors (Lipinski definition) is 3. The van der Waals surface area contributed by atoms with Crippen molar-refractivity contribution >= 4 is 29.3 Å². The lowest BCUT2D eigenvalue weighted by molar-refractivity contribution is -0.126. The van der Waals surface area contributed by atoms with E-state index in [0.29, 0.717) is 0 Å². The van der Waals surface area contributed by atoms with E-state index in [1.165, 1.54) is 5.56 Å². The molecule has 5 heteroatoms. The van der Waals surface area contributed by atoms with E-state index in [0.717, 1.165) is 55.4 Å². The largest absolute Gasteiger partial charge is 0.356 e. The van der Waals surface area contributed by atoms with Gasteiger partial charge in [-0.05, 0) is 56.3 Å². The van der Waals surface area contributed by atoms with E-state index < -0.39 is 0 Å². The van der Waals surface area contributed by atoms with Crippen molar-refractivity contribution in [2.24, 2.45) is 5.92 Å². The quantitative estimate of drug-likeness (QED) is 0.772. The van der Waals surface area contributed by atoms with Crippen LogP contribution >= 0.6 is 23.4 Å². The molecule has 1 aromatic carbocycles. The first kappa shape index (κ1) is 17.6. The summed E-state index contributed by atoms with van der Waals surface area (Å²) in [6, 6.07) is 7.99. The van der Waals surface area contributed by atoms with Gasteiger partial charge in [-0.15, -0.1) is 0 Å². The zero-order chi connectivity index (χ0) is 15.8. The molecule has 0 bridgehead atoms. The number of piperidine rings is 1. The van der Waals surface area contributed by atoms with E-state index in [-0.39, 0.29) is 11.8 Å². The Balaban J connectivity index is 1.53. The number of rotatable bonds is 7. The summed E-state index contributed by atoms with van der Waals surface area (Å²) in [6.45, 7) is 2.80. The average molecular weight is 341 g/mol. The van der Waals surface area contributed by atoms with E-state index in [1.54, 1.807) is 0 Å². The topological polar surface area (TPSA) is 32.3 Å². The van der Waals surface area contributed by atoms with Gasteiger partial charge in [0.2, 0.25) is 5.91 Å². The summed E-state index contributed by atoms with van der Waals surface area (Å²) in [5, 5.41) is 3.86. The molecule has 0 saturated carbocycles. The third-order valence-corrected chi connectivity index (χ3v) is 5.31. The van der Waals surface area contributed by atoms with E-state index in [2.05, 4.69) is 29.4 Å². The second-order valence-electron chi connectivity index (χ2n) is 5.93. The van der Waals surface area contributed by atoms with Crippen LogP contribution in [0.2, 0.25) is 5.02 Å². The van der Waals surface area contributed by atoms with E-state index in [1.807, 2.05) is 23.9 Å². The van der Waals surface area contributed by atoms with Crippen molar-refractivity contribution in [3.8, 4) is 0 Å². The molecule has 122 valence electrons. The van der Waals surface area contributed by atoms with Gasteiger partial charge in [-0.3, -0.25) is 4.79 Å². The Bertz CT molecular complexity index is 466. The number of likely N-dealkylation sites (tertiary alicyclic amines) is 1. The first-order valence-corrected chi connectivity index (χ1v) is 9.47. The van der Waals surface area contributed by atoms with Crippen molar-refractivity contribution in [3.05, 3.63) is 34.9 Å². The third kappa shape index (κ3) is 6.19. The number of halogens is 1. The molecule has 0 spiro atoms. The summed E-state index contributed by atoms with van der Waals surface area (Å²) >= 11 is 7.76. The second-order valence-corrected chi connectivity index (χ2v) is 7.47. The maximum atomic E-state index is 12.1. The molecule has 1 atom stereocenters. The van der Waals surface area contributed by atoms with Crippen LogP contribution in [0.25, 0.3) is 0 Å². The number of amides is 1. The predicted octanol–water partition coefficient (Wildman–Crippen LogP) is 3.42. The Morgan fingerprint density at radius 1 is 1.41 bits per heavy atom. The number of hydrogen-bond donors (Lipinski definition) is 1. The fourth-order valence-electron chi connectivity index (χ4n) is 2.68. The number of nitrogens with one attached hydrogen (secondary N) is 1. The Kier molecular flexibility index (Phi) is 7.56. The summed E-state index contributed by atoms with van der Waals surface area (Å²) in [6.07, 6.45) is 3.18. The summed E-state index contributed by atoms with van der Waals surface area (Å²) in [4.78, 5) is 14.3. The van der Waals surface area contributed by atoms with Crippen LogP contribution in [0.15, 0.2) is 24.3 Å². The molecule has 3 nitrogen and oxygen atoms in total. The zero-order valence-corrected chi connectivity index (χ0v) is 14.8. The van der Waals surface area contributed by atoms with Crippen LogP contribution in [0.3, 0.4) is 0 Å². The molecule has 0 unspecified atom stereocenters. The lowest BCUT2D eigenvalue weighted by atomic mass is 9.98. The molecule has 1 aromatic rings. The van der Waals surface area contributed by atoms with E-state index in [9.17, 15) is 4.79 Å². The molecule has 1 aliphatic heterocycles. The van der Waals surface area contributed by atoms with Crippen molar-refractivity contribution < 1.29 is 4.79 Å². The third-order valence-electron chi connectivity index (χ3n) is 3.94. The van der Waals surface area contributed by atoms with Crippen molar-refractivity contribution in [1.82, 2.24) is 10.2 Å². The molecule has 1 amide bonds. The summed E-state index contributed by atoms with van der Waals surface area (Å²) in [5.74, 6) is 2.47. The lowest BCUT2D eigenvalue weighted by Crippen LogP contribution is -2.41. The number of benzene rings is 1. The highest BCUT2D eigenvalue weighted by Gasteiger charge is 2.23. The number of carbonyl (C=O) groups is 1. The van der Waals surface area contributed by atoms with Crippen LogP contribution < -0.4 is 5.32 Å². The Morgan fingerprint density at radius 2 is 2.18 bits per heavy atom. The highest BCUT2D eigenvalue weighted by molar-refractivity contribution is 7.98. The minimum absolute atomic E-state index is 0.181. The van der Waals surface area contributed by atoms with Crippen LogP contribution in [-0.2, 0) is 10.5 Å². The number of nitrogens with zero attached hydrogens (tertiary/aromatic N) is 1. The van der Waals surface area contributed by atoms with Gasteiger partial charge in [0.05, 0.1) is 5.92 Å². The van der Waals surface area contributed by atoms with Gasteiger partial charge in [0, 0.05) is 23.9 Å². The van der Waals surface area contributed by atoms with Gasteiger partial charge in [0.25, 0.3) is 0 Å². The van der Waals surface area contributed by atoms with Gasteiger partial charge in [-0.2, -0.15) is 11.8 Å². The summed E-state index contributed by atoms with van der Waals surface area (Å²) < 4.78 is 0. The maximum Gasteiger partial charge on any atom is 0.224 e. The standard InChI is InChI=1S/C17H25ClN2OS/c1-20-10-2-4-15(12-20)17(21)19-9-3-11-22-13-14-5-7-16(18)8-6-14/h5-8,15H,2-4,9-13H2,1H3,(H,19,21)/t15-/m0/s1. The molecule has 22 heavy (non-hydrogen) atoms. The molecular weight excluding hydrogens is 316 g/mol. The van der Waals surface area contributed by atoms with Crippen LogP contribution in [0.1, 0.15) is 24.8 Å². The predicted molar refractivity (Wildman–Crippen MR) is 95.5 cm³/mol. The molecule has 1 saturated heterocycles. The molecule has 1 heterocycles. The molecular formula is C17H25ClN2OS. The average Bonchev–Trinajstić information content (AvgIpc) is 2.52. The van der Waals surface area contributed by atoms with Gasteiger partial charge in [-0.25, -0.2) is 0 Å². The maximum absolute atomic E-state index is 12.1. The Hall–Kier alpha value is -0.710. The monoisotopic (exact) mass is 340 g/mol. The van der Waals surface area contributed by atoms with Crippen molar-refractivity contribution in [1.29, 1.82) is 0 Å². The minimum Gasteiger partial charge on any atom is -0.356 e. The molecule has 2 rings (SSSR count). The molecule has 1 fully saturated rings. The molecule has 1 aliphatic rings. The second kappa shape index (κ2) is 9.43. The lowest BCUT2D eigenvalue weighted by Gasteiger charge is -2.28. The number of carbonyl (C=O) groups excluding carboxylic acids is 1. The van der Waals surface area contributed by atoms with Crippen molar-refractivity contribution in [2.75, 3.05) is 32.4 Å². The Morgan fingerprint density at radius 3 is 2.91 bits per heavy atom. The SMILES string of the molecule is CN1CCC[C@H](C(=O)NCCCSCc2ccc(Cl)cc2)C1. The van der Waals surface area contributed by atoms with Crippen LogP contribution in [0.5, 0.6) is 0 Å². The first-order chi connectivity index (χ1) is 10.6. The minimum atomic E-state index is 0.181.